The first-order valence-electron chi connectivity index (χ1n) is 7.18. The summed E-state index contributed by atoms with van der Waals surface area (Å²) in [6.07, 6.45) is 3.86. The highest BCUT2D eigenvalue weighted by molar-refractivity contribution is 5.96. The van der Waals surface area contributed by atoms with Crippen LogP contribution in [0.3, 0.4) is 0 Å². The summed E-state index contributed by atoms with van der Waals surface area (Å²) in [6.45, 7) is 4.32. The Morgan fingerprint density at radius 3 is 2.70 bits per heavy atom. The molecular formula is C15H21N3O2. The normalized spacial score (nSPS) is 22.8. The molecule has 1 N–H and O–H groups in total. The van der Waals surface area contributed by atoms with E-state index in [0.717, 1.165) is 12.1 Å². The summed E-state index contributed by atoms with van der Waals surface area (Å²) >= 11 is 0. The molecule has 5 heteroatoms. The van der Waals surface area contributed by atoms with Crippen LogP contribution in [0, 0.1) is 0 Å². The Hall–Kier alpha value is -1.91. The van der Waals surface area contributed by atoms with Gasteiger partial charge in [0.2, 0.25) is 11.8 Å². The standard InChI is InChI=1S/C15H21N3O2/c1-3-7-12-15(20)18(13(4-2)14(19)17-12)10-11-8-5-6-9-16-11/h5-6,8-9,12-13H,3-4,7,10H2,1-2H3,(H,17,19). The predicted octanol–water partition coefficient (Wildman–Crippen LogP) is 1.49. The summed E-state index contributed by atoms with van der Waals surface area (Å²) in [4.78, 5) is 30.6. The maximum Gasteiger partial charge on any atom is 0.246 e. The summed E-state index contributed by atoms with van der Waals surface area (Å²) in [5.74, 6) is -0.0505. The van der Waals surface area contributed by atoms with Crippen LogP contribution in [0.5, 0.6) is 0 Å². The minimum absolute atomic E-state index is 0.00366. The highest BCUT2D eigenvalue weighted by Crippen LogP contribution is 2.18. The van der Waals surface area contributed by atoms with Crippen molar-refractivity contribution in [1.29, 1.82) is 0 Å². The Morgan fingerprint density at radius 2 is 2.10 bits per heavy atom. The molecule has 108 valence electrons. The molecule has 1 saturated heterocycles. The number of hydrogen-bond acceptors (Lipinski definition) is 3. The molecule has 1 aromatic rings. The fraction of sp³-hybridized carbons (Fsp3) is 0.533. The molecule has 0 spiro atoms. The van der Waals surface area contributed by atoms with E-state index in [0.29, 0.717) is 19.4 Å². The zero-order valence-electron chi connectivity index (χ0n) is 12.0. The smallest absolute Gasteiger partial charge is 0.246 e. The third-order valence-corrected chi connectivity index (χ3v) is 3.60. The fourth-order valence-electron chi connectivity index (χ4n) is 2.57. The van der Waals surface area contributed by atoms with Crippen LogP contribution in [0.2, 0.25) is 0 Å². The van der Waals surface area contributed by atoms with Gasteiger partial charge in [-0.25, -0.2) is 0 Å². The SMILES string of the molecule is CCCC1NC(=O)C(CC)N(Cc2ccccn2)C1=O. The van der Waals surface area contributed by atoms with E-state index in [4.69, 9.17) is 0 Å². The monoisotopic (exact) mass is 275 g/mol. The molecule has 2 unspecified atom stereocenters. The Bertz CT molecular complexity index is 475. The van der Waals surface area contributed by atoms with E-state index in [9.17, 15) is 9.59 Å². The molecule has 5 nitrogen and oxygen atoms in total. The zero-order chi connectivity index (χ0) is 14.5. The lowest BCUT2D eigenvalue weighted by molar-refractivity contribution is -0.150. The van der Waals surface area contributed by atoms with E-state index < -0.39 is 6.04 Å². The highest BCUT2D eigenvalue weighted by atomic mass is 16.2. The van der Waals surface area contributed by atoms with E-state index >= 15 is 0 Å². The molecule has 0 aromatic carbocycles. The average Bonchev–Trinajstić information content (AvgIpc) is 2.46. The minimum atomic E-state index is -0.391. The zero-order valence-corrected chi connectivity index (χ0v) is 12.0. The van der Waals surface area contributed by atoms with Crippen LogP contribution in [0.25, 0.3) is 0 Å². The third kappa shape index (κ3) is 2.98. The number of pyridine rings is 1. The van der Waals surface area contributed by atoms with Crippen LogP contribution in [-0.2, 0) is 16.1 Å². The van der Waals surface area contributed by atoms with Crippen molar-refractivity contribution in [3.63, 3.8) is 0 Å². The predicted molar refractivity (Wildman–Crippen MR) is 75.7 cm³/mol. The molecule has 1 aliphatic rings. The largest absolute Gasteiger partial charge is 0.343 e. The molecule has 0 aliphatic carbocycles. The Labute approximate surface area is 119 Å². The van der Waals surface area contributed by atoms with Crippen molar-refractivity contribution in [1.82, 2.24) is 15.2 Å². The van der Waals surface area contributed by atoms with Crippen LogP contribution < -0.4 is 5.32 Å². The van der Waals surface area contributed by atoms with Gasteiger partial charge in [0.05, 0.1) is 12.2 Å². The molecule has 1 aliphatic heterocycles. The van der Waals surface area contributed by atoms with Gasteiger partial charge in [0, 0.05) is 6.20 Å². The lowest BCUT2D eigenvalue weighted by Gasteiger charge is -2.38. The quantitative estimate of drug-likeness (QED) is 0.885. The maximum atomic E-state index is 12.5. The van der Waals surface area contributed by atoms with Gasteiger partial charge in [0.25, 0.3) is 0 Å². The Morgan fingerprint density at radius 1 is 1.30 bits per heavy atom. The maximum absolute atomic E-state index is 12.5. The van der Waals surface area contributed by atoms with Gasteiger partial charge >= 0.3 is 0 Å². The van der Waals surface area contributed by atoms with Crippen molar-refractivity contribution in [3.05, 3.63) is 30.1 Å². The number of nitrogens with one attached hydrogen (secondary N) is 1. The molecule has 2 amide bonds. The van der Waals surface area contributed by atoms with Crippen LogP contribution in [0.1, 0.15) is 38.8 Å². The summed E-state index contributed by atoms with van der Waals surface area (Å²) < 4.78 is 0. The van der Waals surface area contributed by atoms with E-state index in [1.165, 1.54) is 0 Å². The summed E-state index contributed by atoms with van der Waals surface area (Å²) in [7, 11) is 0. The van der Waals surface area contributed by atoms with Crippen molar-refractivity contribution >= 4 is 11.8 Å². The molecule has 2 heterocycles. The number of aromatic nitrogens is 1. The molecule has 0 saturated carbocycles. The fourth-order valence-corrected chi connectivity index (χ4v) is 2.57. The van der Waals surface area contributed by atoms with Crippen LogP contribution in [-0.4, -0.2) is 33.8 Å². The van der Waals surface area contributed by atoms with Gasteiger partial charge in [-0.3, -0.25) is 14.6 Å². The van der Waals surface area contributed by atoms with E-state index in [1.54, 1.807) is 11.1 Å². The number of rotatable bonds is 5. The van der Waals surface area contributed by atoms with Gasteiger partial charge in [-0.1, -0.05) is 26.3 Å². The summed E-state index contributed by atoms with van der Waals surface area (Å²) in [5.41, 5.74) is 0.809. The number of piperazine rings is 1. The third-order valence-electron chi connectivity index (χ3n) is 3.60. The number of hydrogen-bond donors (Lipinski definition) is 1. The molecule has 0 bridgehead atoms. The second-order valence-electron chi connectivity index (χ2n) is 5.06. The summed E-state index contributed by atoms with van der Waals surface area (Å²) in [5, 5.41) is 2.83. The Balaban J connectivity index is 2.20. The van der Waals surface area contributed by atoms with Gasteiger partial charge < -0.3 is 10.2 Å². The topological polar surface area (TPSA) is 62.3 Å². The van der Waals surface area contributed by atoms with Crippen molar-refractivity contribution in [3.8, 4) is 0 Å². The molecule has 2 atom stereocenters. The second kappa shape index (κ2) is 6.50. The van der Waals surface area contributed by atoms with Crippen molar-refractivity contribution in [2.45, 2.75) is 51.7 Å². The first-order chi connectivity index (χ1) is 9.67. The molecule has 20 heavy (non-hydrogen) atoms. The number of carbonyl (C=O) groups excluding carboxylic acids is 2. The van der Waals surface area contributed by atoms with E-state index in [-0.39, 0.29) is 17.9 Å². The van der Waals surface area contributed by atoms with Crippen LogP contribution in [0.15, 0.2) is 24.4 Å². The summed E-state index contributed by atoms with van der Waals surface area (Å²) in [6, 6.07) is 4.82. The first-order valence-corrected chi connectivity index (χ1v) is 7.18. The molecule has 1 fully saturated rings. The van der Waals surface area contributed by atoms with Crippen molar-refractivity contribution in [2.24, 2.45) is 0 Å². The Kier molecular flexibility index (Phi) is 4.71. The molecular weight excluding hydrogens is 254 g/mol. The van der Waals surface area contributed by atoms with Gasteiger partial charge in [0.1, 0.15) is 12.1 Å². The van der Waals surface area contributed by atoms with Crippen molar-refractivity contribution < 1.29 is 9.59 Å². The van der Waals surface area contributed by atoms with Crippen LogP contribution in [0.4, 0.5) is 0 Å². The molecule has 2 rings (SSSR count). The molecule has 0 radical (unpaired) electrons. The lowest BCUT2D eigenvalue weighted by atomic mass is 10.0. The lowest BCUT2D eigenvalue weighted by Crippen LogP contribution is -2.62. The molecule has 1 aromatic heterocycles. The van der Waals surface area contributed by atoms with E-state index in [1.807, 2.05) is 32.0 Å². The number of carbonyl (C=O) groups is 2. The second-order valence-corrected chi connectivity index (χ2v) is 5.06. The van der Waals surface area contributed by atoms with Crippen molar-refractivity contribution in [2.75, 3.05) is 0 Å². The van der Waals surface area contributed by atoms with E-state index in [2.05, 4.69) is 10.3 Å². The van der Waals surface area contributed by atoms with Crippen LogP contribution >= 0.6 is 0 Å². The minimum Gasteiger partial charge on any atom is -0.343 e. The highest BCUT2D eigenvalue weighted by Gasteiger charge is 2.39. The number of nitrogens with zero attached hydrogens (tertiary/aromatic N) is 2. The average molecular weight is 275 g/mol. The first kappa shape index (κ1) is 14.5. The number of amides is 2. The van der Waals surface area contributed by atoms with Gasteiger partial charge in [-0.05, 0) is 25.0 Å². The van der Waals surface area contributed by atoms with Gasteiger partial charge in [-0.2, -0.15) is 0 Å². The van der Waals surface area contributed by atoms with Gasteiger partial charge in [-0.15, -0.1) is 0 Å². The van der Waals surface area contributed by atoms with Gasteiger partial charge in [0.15, 0.2) is 0 Å².